The monoisotopic (exact) mass is 376 g/mol. The molecule has 0 unspecified atom stereocenters. The number of amides is 2. The summed E-state index contributed by atoms with van der Waals surface area (Å²) >= 11 is 0. The predicted molar refractivity (Wildman–Crippen MR) is 100 cm³/mol. The van der Waals surface area contributed by atoms with Crippen LogP contribution in [0.4, 0.5) is 4.79 Å². The van der Waals surface area contributed by atoms with E-state index < -0.39 is 5.60 Å². The summed E-state index contributed by atoms with van der Waals surface area (Å²) in [6.45, 7) is 7.75. The van der Waals surface area contributed by atoms with Crippen LogP contribution in [0.15, 0.2) is 18.2 Å². The van der Waals surface area contributed by atoms with E-state index in [9.17, 15) is 9.59 Å². The fourth-order valence-electron chi connectivity index (χ4n) is 3.31. The van der Waals surface area contributed by atoms with Gasteiger partial charge in [-0.15, -0.1) is 0 Å². The Morgan fingerprint density at radius 1 is 1.11 bits per heavy atom. The number of nitrogens with zero attached hydrogens (tertiary/aromatic N) is 2. The Labute approximate surface area is 160 Å². The number of fused-ring (bicyclic) bond motifs is 1. The van der Waals surface area contributed by atoms with Gasteiger partial charge in [0.2, 0.25) is 0 Å². The molecule has 0 saturated carbocycles. The minimum Gasteiger partial charge on any atom is -0.486 e. The highest BCUT2D eigenvalue weighted by Gasteiger charge is 2.30. The Hall–Kier alpha value is -2.44. The van der Waals surface area contributed by atoms with Crippen LogP contribution in [-0.4, -0.2) is 66.8 Å². The van der Waals surface area contributed by atoms with Crippen LogP contribution in [0.2, 0.25) is 0 Å². The van der Waals surface area contributed by atoms with Gasteiger partial charge < -0.3 is 24.0 Å². The zero-order valence-corrected chi connectivity index (χ0v) is 16.5. The molecule has 3 rings (SSSR count). The molecule has 1 fully saturated rings. The third-order valence-electron chi connectivity index (χ3n) is 4.77. The molecule has 0 atom stereocenters. The minimum absolute atomic E-state index is 0.0531. The average Bonchev–Trinajstić information content (AvgIpc) is 2.65. The van der Waals surface area contributed by atoms with E-state index in [2.05, 4.69) is 0 Å². The van der Waals surface area contributed by atoms with Crippen molar-refractivity contribution in [3.63, 3.8) is 0 Å². The Balaban J connectivity index is 1.58. The second-order valence-electron chi connectivity index (χ2n) is 7.97. The van der Waals surface area contributed by atoms with Gasteiger partial charge in [0.15, 0.2) is 11.5 Å². The Kier molecular flexibility index (Phi) is 5.48. The van der Waals surface area contributed by atoms with Gasteiger partial charge in [0.05, 0.1) is 0 Å². The van der Waals surface area contributed by atoms with E-state index in [1.807, 2.05) is 27.8 Å². The number of carbonyl (C=O) groups excluding carboxylic acids is 2. The van der Waals surface area contributed by atoms with Gasteiger partial charge in [0, 0.05) is 31.7 Å². The van der Waals surface area contributed by atoms with Crippen LogP contribution >= 0.6 is 0 Å². The van der Waals surface area contributed by atoms with Crippen molar-refractivity contribution in [2.45, 2.75) is 45.3 Å². The van der Waals surface area contributed by atoms with Gasteiger partial charge in [0.1, 0.15) is 18.8 Å². The third-order valence-corrected chi connectivity index (χ3v) is 4.77. The summed E-state index contributed by atoms with van der Waals surface area (Å²) in [5.41, 5.74) is 0.0789. The van der Waals surface area contributed by atoms with Crippen LogP contribution in [0, 0.1) is 0 Å². The van der Waals surface area contributed by atoms with Gasteiger partial charge in [-0.25, -0.2) is 4.79 Å². The molecule has 2 heterocycles. The number of rotatable bonds is 2. The smallest absolute Gasteiger partial charge is 0.410 e. The summed E-state index contributed by atoms with van der Waals surface area (Å²) in [6, 6.07) is 5.37. The Morgan fingerprint density at radius 2 is 1.74 bits per heavy atom. The van der Waals surface area contributed by atoms with Crippen molar-refractivity contribution in [1.82, 2.24) is 9.80 Å². The highest BCUT2D eigenvalue weighted by atomic mass is 16.6. The first-order valence-electron chi connectivity index (χ1n) is 9.39. The second kappa shape index (κ2) is 7.66. The first-order chi connectivity index (χ1) is 12.7. The van der Waals surface area contributed by atoms with Crippen molar-refractivity contribution in [1.29, 1.82) is 0 Å². The highest BCUT2D eigenvalue weighted by Crippen LogP contribution is 2.31. The molecule has 0 radical (unpaired) electrons. The van der Waals surface area contributed by atoms with Gasteiger partial charge in [-0.05, 0) is 51.8 Å². The standard InChI is InChI=1S/C20H28N2O5/c1-20(2,3)27-19(24)22-9-7-15(8-10-22)21(4)18(23)14-5-6-16-17(13-14)26-12-11-25-16/h5-6,13,15H,7-12H2,1-4H3. The molecule has 1 aromatic carbocycles. The van der Waals surface area contributed by atoms with Crippen molar-refractivity contribution in [2.24, 2.45) is 0 Å². The van der Waals surface area contributed by atoms with Crippen LogP contribution in [0.1, 0.15) is 44.0 Å². The topological polar surface area (TPSA) is 68.3 Å². The van der Waals surface area contributed by atoms with Gasteiger partial charge in [-0.1, -0.05) is 0 Å². The highest BCUT2D eigenvalue weighted by molar-refractivity contribution is 5.95. The average molecular weight is 376 g/mol. The van der Waals surface area contributed by atoms with Gasteiger partial charge >= 0.3 is 6.09 Å². The van der Waals surface area contributed by atoms with E-state index in [0.29, 0.717) is 43.4 Å². The quantitative estimate of drug-likeness (QED) is 0.794. The number of ether oxygens (including phenoxy) is 3. The molecule has 27 heavy (non-hydrogen) atoms. The number of carbonyl (C=O) groups is 2. The zero-order valence-electron chi connectivity index (χ0n) is 16.5. The summed E-state index contributed by atoms with van der Waals surface area (Å²) in [4.78, 5) is 28.5. The second-order valence-corrected chi connectivity index (χ2v) is 7.97. The molecule has 0 bridgehead atoms. The van der Waals surface area contributed by atoms with E-state index in [4.69, 9.17) is 14.2 Å². The van der Waals surface area contributed by atoms with Crippen LogP contribution in [0.5, 0.6) is 11.5 Å². The molecule has 7 heteroatoms. The van der Waals surface area contributed by atoms with E-state index in [1.54, 1.807) is 28.0 Å². The van der Waals surface area contributed by atoms with Gasteiger partial charge in [0.25, 0.3) is 5.91 Å². The first-order valence-corrected chi connectivity index (χ1v) is 9.39. The lowest BCUT2D eigenvalue weighted by atomic mass is 10.0. The van der Waals surface area contributed by atoms with Crippen molar-refractivity contribution < 1.29 is 23.8 Å². The molecule has 1 aromatic rings. The molecule has 0 N–H and O–H groups in total. The molecule has 2 aliphatic heterocycles. The lowest BCUT2D eigenvalue weighted by Crippen LogP contribution is -2.48. The fraction of sp³-hybridized carbons (Fsp3) is 0.600. The minimum atomic E-state index is -0.501. The predicted octanol–water partition coefficient (Wildman–Crippen LogP) is 2.93. The summed E-state index contributed by atoms with van der Waals surface area (Å²) in [6.07, 6.45) is 1.17. The van der Waals surface area contributed by atoms with Crippen molar-refractivity contribution in [3.05, 3.63) is 23.8 Å². The summed E-state index contributed by atoms with van der Waals surface area (Å²) in [7, 11) is 1.81. The molecule has 2 amide bonds. The van der Waals surface area contributed by atoms with Crippen molar-refractivity contribution in [2.75, 3.05) is 33.4 Å². The summed E-state index contributed by atoms with van der Waals surface area (Å²) in [5, 5.41) is 0. The normalized spacial score (nSPS) is 17.4. The van der Waals surface area contributed by atoms with Gasteiger partial charge in [-0.3, -0.25) is 4.79 Å². The molecule has 148 valence electrons. The van der Waals surface area contributed by atoms with Crippen molar-refractivity contribution >= 4 is 12.0 Å². The maximum absolute atomic E-state index is 12.9. The largest absolute Gasteiger partial charge is 0.486 e. The van der Waals surface area contributed by atoms with Crippen LogP contribution in [0.25, 0.3) is 0 Å². The third kappa shape index (κ3) is 4.64. The van der Waals surface area contributed by atoms with Crippen LogP contribution in [-0.2, 0) is 4.74 Å². The number of hydrogen-bond acceptors (Lipinski definition) is 5. The SMILES string of the molecule is CN(C(=O)c1ccc2c(c1)OCCO2)C1CCN(C(=O)OC(C)(C)C)CC1. The maximum Gasteiger partial charge on any atom is 0.410 e. The van der Waals surface area contributed by atoms with Gasteiger partial charge in [-0.2, -0.15) is 0 Å². The van der Waals surface area contributed by atoms with Crippen LogP contribution in [0.3, 0.4) is 0 Å². The Morgan fingerprint density at radius 3 is 2.37 bits per heavy atom. The molecule has 0 aromatic heterocycles. The lowest BCUT2D eigenvalue weighted by Gasteiger charge is -2.37. The van der Waals surface area contributed by atoms with E-state index >= 15 is 0 Å². The fourth-order valence-corrected chi connectivity index (χ4v) is 3.31. The Bertz CT molecular complexity index is 705. The molecule has 2 aliphatic rings. The number of hydrogen-bond donors (Lipinski definition) is 0. The van der Waals surface area contributed by atoms with Crippen LogP contribution < -0.4 is 9.47 Å². The molecular weight excluding hydrogens is 348 g/mol. The molecule has 0 aliphatic carbocycles. The summed E-state index contributed by atoms with van der Waals surface area (Å²) < 4.78 is 16.5. The zero-order chi connectivity index (χ0) is 19.6. The molecular formula is C20H28N2O5. The van der Waals surface area contributed by atoms with E-state index in [0.717, 1.165) is 12.8 Å². The lowest BCUT2D eigenvalue weighted by molar-refractivity contribution is 0.0160. The number of benzene rings is 1. The van der Waals surface area contributed by atoms with E-state index in [-0.39, 0.29) is 18.0 Å². The molecule has 7 nitrogen and oxygen atoms in total. The summed E-state index contributed by atoms with van der Waals surface area (Å²) in [5.74, 6) is 1.23. The number of likely N-dealkylation sites (tertiary alicyclic amines) is 1. The van der Waals surface area contributed by atoms with Crippen molar-refractivity contribution in [3.8, 4) is 11.5 Å². The first kappa shape index (κ1) is 19.3. The maximum atomic E-state index is 12.9. The number of piperidine rings is 1. The molecule has 1 saturated heterocycles. The van der Waals surface area contributed by atoms with E-state index in [1.165, 1.54) is 0 Å². The molecule has 0 spiro atoms.